The zero-order valence-electron chi connectivity index (χ0n) is 11.2. The van der Waals surface area contributed by atoms with Gasteiger partial charge in [-0.1, -0.05) is 6.42 Å². The highest BCUT2D eigenvalue weighted by atomic mass is 16.4. The van der Waals surface area contributed by atoms with E-state index in [2.05, 4.69) is 5.32 Å². The van der Waals surface area contributed by atoms with E-state index in [0.717, 1.165) is 13.0 Å². The van der Waals surface area contributed by atoms with Crippen molar-refractivity contribution in [1.82, 2.24) is 10.2 Å². The van der Waals surface area contributed by atoms with Gasteiger partial charge in [-0.05, 0) is 32.4 Å². The van der Waals surface area contributed by atoms with Crippen LogP contribution in [-0.4, -0.2) is 36.5 Å². The number of nitrogens with zero attached hydrogens (tertiary/aromatic N) is 1. The van der Waals surface area contributed by atoms with Crippen molar-refractivity contribution in [2.75, 3.05) is 19.6 Å². The predicted octanol–water partition coefficient (Wildman–Crippen LogP) is 1.24. The Morgan fingerprint density at radius 2 is 2.32 bits per heavy atom. The number of rotatable bonds is 4. The van der Waals surface area contributed by atoms with Gasteiger partial charge >= 0.3 is 5.63 Å². The first-order valence-electron chi connectivity index (χ1n) is 6.82. The Morgan fingerprint density at radius 3 is 2.89 bits per heavy atom. The van der Waals surface area contributed by atoms with Crippen LogP contribution < -0.4 is 10.9 Å². The fraction of sp³-hybridized carbons (Fsp3) is 0.571. The summed E-state index contributed by atoms with van der Waals surface area (Å²) in [5.74, 6) is -0.0846. The maximum absolute atomic E-state index is 12.3. The smallest absolute Gasteiger partial charge is 0.335 e. The van der Waals surface area contributed by atoms with Gasteiger partial charge in [0.05, 0.1) is 5.56 Å². The van der Waals surface area contributed by atoms with Crippen molar-refractivity contribution in [3.8, 4) is 0 Å². The minimum Gasteiger partial charge on any atom is -0.430 e. The fourth-order valence-corrected chi connectivity index (χ4v) is 2.36. The van der Waals surface area contributed by atoms with Crippen LogP contribution in [0.15, 0.2) is 27.6 Å². The van der Waals surface area contributed by atoms with Crippen LogP contribution in [0.25, 0.3) is 0 Å². The Morgan fingerprint density at radius 1 is 1.47 bits per heavy atom. The highest BCUT2D eigenvalue weighted by Gasteiger charge is 2.20. The molecule has 0 spiro atoms. The number of carbonyl (C=O) groups excluding carboxylic acids is 1. The molecule has 1 N–H and O–H groups in total. The van der Waals surface area contributed by atoms with E-state index in [0.29, 0.717) is 24.7 Å². The Kier molecular flexibility index (Phi) is 4.74. The number of carbonyl (C=O) groups is 1. The molecule has 1 aromatic rings. The zero-order chi connectivity index (χ0) is 13.7. The van der Waals surface area contributed by atoms with Gasteiger partial charge in [-0.15, -0.1) is 0 Å². The molecule has 0 radical (unpaired) electrons. The van der Waals surface area contributed by atoms with E-state index < -0.39 is 5.63 Å². The molecule has 1 aromatic heterocycles. The number of hydrogen-bond donors (Lipinski definition) is 1. The van der Waals surface area contributed by atoms with Crippen LogP contribution in [0.5, 0.6) is 0 Å². The Balaban J connectivity index is 2.01. The topological polar surface area (TPSA) is 62.6 Å². The van der Waals surface area contributed by atoms with E-state index >= 15 is 0 Å². The molecule has 0 aromatic carbocycles. The van der Waals surface area contributed by atoms with Gasteiger partial charge in [0.2, 0.25) is 0 Å². The lowest BCUT2D eigenvalue weighted by Crippen LogP contribution is -2.45. The van der Waals surface area contributed by atoms with Crippen LogP contribution in [0.3, 0.4) is 0 Å². The molecule has 5 nitrogen and oxygen atoms in total. The number of amides is 1. The molecule has 104 valence electrons. The van der Waals surface area contributed by atoms with Crippen molar-refractivity contribution in [2.24, 2.45) is 0 Å². The summed E-state index contributed by atoms with van der Waals surface area (Å²) in [5.41, 5.74) is -0.00851. The second-order valence-corrected chi connectivity index (χ2v) is 4.83. The molecule has 1 saturated heterocycles. The van der Waals surface area contributed by atoms with Gasteiger partial charge in [-0.2, -0.15) is 0 Å². The first-order chi connectivity index (χ1) is 9.20. The highest BCUT2D eigenvalue weighted by molar-refractivity contribution is 5.93. The van der Waals surface area contributed by atoms with E-state index in [1.54, 1.807) is 4.90 Å². The average molecular weight is 264 g/mol. The summed E-state index contributed by atoms with van der Waals surface area (Å²) >= 11 is 0. The largest absolute Gasteiger partial charge is 0.430 e. The molecule has 1 aliphatic heterocycles. The van der Waals surface area contributed by atoms with E-state index in [1.807, 2.05) is 6.92 Å². The lowest BCUT2D eigenvalue weighted by atomic mass is 10.0. The van der Waals surface area contributed by atoms with Crippen LogP contribution in [0, 0.1) is 0 Å². The van der Waals surface area contributed by atoms with Gasteiger partial charge in [0.1, 0.15) is 6.26 Å². The Labute approximate surface area is 112 Å². The van der Waals surface area contributed by atoms with E-state index in [9.17, 15) is 9.59 Å². The van der Waals surface area contributed by atoms with Gasteiger partial charge in [0.15, 0.2) is 0 Å². The van der Waals surface area contributed by atoms with Crippen molar-refractivity contribution in [2.45, 2.75) is 32.2 Å². The number of likely N-dealkylation sites (N-methyl/N-ethyl adjacent to an activating group) is 1. The SMILES string of the molecule is CCN(CC1CCCCN1)C(=O)c1ccc(=O)oc1. The van der Waals surface area contributed by atoms with E-state index in [4.69, 9.17) is 4.42 Å². The summed E-state index contributed by atoms with van der Waals surface area (Å²) in [5, 5.41) is 3.43. The van der Waals surface area contributed by atoms with Gasteiger partial charge in [0.25, 0.3) is 5.91 Å². The van der Waals surface area contributed by atoms with Crippen LogP contribution in [-0.2, 0) is 0 Å². The molecule has 1 atom stereocenters. The van der Waals surface area contributed by atoms with Crippen LogP contribution in [0.4, 0.5) is 0 Å². The first kappa shape index (κ1) is 13.8. The molecule has 19 heavy (non-hydrogen) atoms. The van der Waals surface area contributed by atoms with E-state index in [-0.39, 0.29) is 5.91 Å². The summed E-state index contributed by atoms with van der Waals surface area (Å²) in [4.78, 5) is 25.0. The second kappa shape index (κ2) is 6.52. The first-order valence-corrected chi connectivity index (χ1v) is 6.82. The fourth-order valence-electron chi connectivity index (χ4n) is 2.36. The standard InChI is InChI=1S/C14H20N2O3/c1-2-16(9-12-5-3-4-8-15-12)14(18)11-6-7-13(17)19-10-11/h6-7,10,12,15H,2-5,8-9H2,1H3. The van der Waals surface area contributed by atoms with Crippen molar-refractivity contribution >= 4 is 5.91 Å². The van der Waals surface area contributed by atoms with Crippen LogP contribution >= 0.6 is 0 Å². The normalized spacial score (nSPS) is 19.1. The predicted molar refractivity (Wildman–Crippen MR) is 72.2 cm³/mol. The molecular weight excluding hydrogens is 244 g/mol. The lowest BCUT2D eigenvalue weighted by Gasteiger charge is -2.29. The summed E-state index contributed by atoms with van der Waals surface area (Å²) in [7, 11) is 0. The van der Waals surface area contributed by atoms with Crippen LogP contribution in [0.2, 0.25) is 0 Å². The van der Waals surface area contributed by atoms with Crippen molar-refractivity contribution in [1.29, 1.82) is 0 Å². The number of hydrogen-bond acceptors (Lipinski definition) is 4. The van der Waals surface area contributed by atoms with E-state index in [1.165, 1.54) is 31.2 Å². The van der Waals surface area contributed by atoms with Crippen molar-refractivity contribution in [3.63, 3.8) is 0 Å². The molecule has 0 aliphatic carbocycles. The third-order valence-corrected chi connectivity index (χ3v) is 3.47. The molecule has 5 heteroatoms. The Hall–Kier alpha value is -1.62. The van der Waals surface area contributed by atoms with Gasteiger partial charge in [0, 0.05) is 25.2 Å². The van der Waals surface area contributed by atoms with Crippen molar-refractivity contribution < 1.29 is 9.21 Å². The summed E-state index contributed by atoms with van der Waals surface area (Å²) in [6.07, 6.45) is 4.76. The zero-order valence-corrected chi connectivity index (χ0v) is 11.2. The highest BCUT2D eigenvalue weighted by Crippen LogP contribution is 2.10. The van der Waals surface area contributed by atoms with Gasteiger partial charge in [-0.25, -0.2) is 4.79 Å². The van der Waals surface area contributed by atoms with Gasteiger partial charge in [-0.3, -0.25) is 4.79 Å². The maximum atomic E-state index is 12.3. The van der Waals surface area contributed by atoms with Gasteiger partial charge < -0.3 is 14.6 Å². The number of piperidine rings is 1. The third kappa shape index (κ3) is 3.67. The minimum atomic E-state index is -0.437. The summed E-state index contributed by atoms with van der Waals surface area (Å²) in [6.45, 7) is 4.33. The monoisotopic (exact) mass is 264 g/mol. The molecule has 0 saturated carbocycles. The summed E-state index contributed by atoms with van der Waals surface area (Å²) in [6, 6.07) is 3.17. The summed E-state index contributed by atoms with van der Waals surface area (Å²) < 4.78 is 4.75. The molecule has 1 amide bonds. The van der Waals surface area contributed by atoms with Crippen LogP contribution in [0.1, 0.15) is 36.5 Å². The molecular formula is C14H20N2O3. The molecule has 1 unspecified atom stereocenters. The molecule has 2 rings (SSSR count). The molecule has 1 fully saturated rings. The van der Waals surface area contributed by atoms with Crippen molar-refractivity contribution in [3.05, 3.63) is 34.4 Å². The maximum Gasteiger partial charge on any atom is 0.335 e. The molecule has 1 aliphatic rings. The third-order valence-electron chi connectivity index (χ3n) is 3.47. The number of nitrogens with one attached hydrogen (secondary N) is 1. The second-order valence-electron chi connectivity index (χ2n) is 4.83. The Bertz CT molecular complexity index is 457. The average Bonchev–Trinajstić information content (AvgIpc) is 2.46. The lowest BCUT2D eigenvalue weighted by molar-refractivity contribution is 0.0738. The minimum absolute atomic E-state index is 0.0846. The quantitative estimate of drug-likeness (QED) is 0.889. The molecule has 0 bridgehead atoms. The molecule has 2 heterocycles.